The van der Waals surface area contributed by atoms with E-state index in [1.54, 1.807) is 0 Å². The Morgan fingerprint density at radius 3 is 2.47 bits per heavy atom. The molecular formula is C15H16N4. The Hall–Kier alpha value is -2.23. The van der Waals surface area contributed by atoms with E-state index in [0.717, 1.165) is 22.7 Å². The molecular weight excluding hydrogens is 236 g/mol. The van der Waals surface area contributed by atoms with Crippen LogP contribution in [0.3, 0.4) is 0 Å². The summed E-state index contributed by atoms with van der Waals surface area (Å²) in [5.41, 5.74) is 3.59. The van der Waals surface area contributed by atoms with Crippen LogP contribution in [-0.2, 0) is 7.05 Å². The fourth-order valence-corrected chi connectivity index (χ4v) is 2.10. The Morgan fingerprint density at radius 2 is 1.79 bits per heavy atom. The molecule has 0 saturated carbocycles. The smallest absolute Gasteiger partial charge is 0.198 e. The number of aryl methyl sites for hydroxylation is 1. The van der Waals surface area contributed by atoms with Crippen LogP contribution < -0.4 is 0 Å². The number of nitrogens with zero attached hydrogens (tertiary/aromatic N) is 4. The van der Waals surface area contributed by atoms with E-state index in [0.29, 0.717) is 11.6 Å². The lowest BCUT2D eigenvalue weighted by atomic mass is 10.1. The molecule has 3 rings (SSSR count). The second-order valence-electron chi connectivity index (χ2n) is 4.96. The quantitative estimate of drug-likeness (QED) is 0.703. The minimum absolute atomic E-state index is 0.360. The van der Waals surface area contributed by atoms with Gasteiger partial charge < -0.3 is 4.57 Å². The summed E-state index contributed by atoms with van der Waals surface area (Å²) in [4.78, 5) is 13.7. The van der Waals surface area contributed by atoms with Crippen LogP contribution in [0.4, 0.5) is 0 Å². The highest BCUT2D eigenvalue weighted by molar-refractivity contribution is 5.73. The van der Waals surface area contributed by atoms with E-state index in [2.05, 4.69) is 28.8 Å². The zero-order valence-electron chi connectivity index (χ0n) is 11.3. The third-order valence-corrected chi connectivity index (χ3v) is 3.22. The molecule has 3 aromatic rings. The lowest BCUT2D eigenvalue weighted by Crippen LogP contribution is -1.97. The van der Waals surface area contributed by atoms with Gasteiger partial charge in [-0.25, -0.2) is 15.0 Å². The van der Waals surface area contributed by atoms with E-state index in [1.807, 2.05) is 48.1 Å². The van der Waals surface area contributed by atoms with Gasteiger partial charge >= 0.3 is 0 Å². The first-order chi connectivity index (χ1) is 9.16. The fourth-order valence-electron chi connectivity index (χ4n) is 2.10. The average molecular weight is 252 g/mol. The molecule has 2 heterocycles. The van der Waals surface area contributed by atoms with Gasteiger partial charge in [-0.1, -0.05) is 44.2 Å². The molecule has 0 atom stereocenters. The van der Waals surface area contributed by atoms with Crippen molar-refractivity contribution in [3.05, 3.63) is 42.2 Å². The van der Waals surface area contributed by atoms with Gasteiger partial charge in [0.25, 0.3) is 0 Å². The van der Waals surface area contributed by atoms with Gasteiger partial charge in [0.15, 0.2) is 11.3 Å². The molecule has 19 heavy (non-hydrogen) atoms. The zero-order valence-corrected chi connectivity index (χ0v) is 11.3. The Bertz CT molecular complexity index is 714. The highest BCUT2D eigenvalue weighted by Gasteiger charge is 2.13. The lowest BCUT2D eigenvalue weighted by Gasteiger charge is -2.02. The number of benzene rings is 1. The van der Waals surface area contributed by atoms with Crippen molar-refractivity contribution in [1.29, 1.82) is 0 Å². The topological polar surface area (TPSA) is 43.6 Å². The maximum Gasteiger partial charge on any atom is 0.198 e. The average Bonchev–Trinajstić information content (AvgIpc) is 2.76. The van der Waals surface area contributed by atoms with Crippen molar-refractivity contribution in [1.82, 2.24) is 19.5 Å². The second kappa shape index (κ2) is 4.46. The first-order valence-electron chi connectivity index (χ1n) is 6.41. The number of hydrogen-bond acceptors (Lipinski definition) is 3. The molecule has 0 saturated heterocycles. The van der Waals surface area contributed by atoms with Crippen molar-refractivity contribution in [2.75, 3.05) is 0 Å². The van der Waals surface area contributed by atoms with E-state index < -0.39 is 0 Å². The number of imidazole rings is 1. The van der Waals surface area contributed by atoms with E-state index in [1.165, 1.54) is 0 Å². The predicted molar refractivity (Wildman–Crippen MR) is 75.8 cm³/mol. The molecule has 0 aliphatic heterocycles. The molecule has 0 spiro atoms. The molecule has 0 radical (unpaired) electrons. The van der Waals surface area contributed by atoms with E-state index in [4.69, 9.17) is 0 Å². The summed E-state index contributed by atoms with van der Waals surface area (Å²) < 4.78 is 1.99. The molecule has 0 fully saturated rings. The van der Waals surface area contributed by atoms with Crippen LogP contribution in [0, 0.1) is 0 Å². The van der Waals surface area contributed by atoms with Crippen molar-refractivity contribution >= 4 is 11.3 Å². The van der Waals surface area contributed by atoms with E-state index >= 15 is 0 Å². The Balaban J connectivity index is 2.20. The summed E-state index contributed by atoms with van der Waals surface area (Å²) in [5.74, 6) is 1.26. The van der Waals surface area contributed by atoms with Crippen LogP contribution in [0.1, 0.15) is 25.5 Å². The fraction of sp³-hybridized carbons (Fsp3) is 0.267. The van der Waals surface area contributed by atoms with Crippen molar-refractivity contribution in [3.8, 4) is 11.4 Å². The van der Waals surface area contributed by atoms with Gasteiger partial charge in [-0.2, -0.15) is 0 Å². The molecule has 4 heteroatoms. The zero-order chi connectivity index (χ0) is 13.4. The third-order valence-electron chi connectivity index (χ3n) is 3.22. The highest BCUT2D eigenvalue weighted by Crippen LogP contribution is 2.22. The van der Waals surface area contributed by atoms with Crippen molar-refractivity contribution in [2.45, 2.75) is 19.8 Å². The van der Waals surface area contributed by atoms with Gasteiger partial charge in [-0.15, -0.1) is 0 Å². The van der Waals surface area contributed by atoms with E-state index in [-0.39, 0.29) is 0 Å². The third kappa shape index (κ3) is 1.99. The second-order valence-corrected chi connectivity index (χ2v) is 4.96. The summed E-state index contributed by atoms with van der Waals surface area (Å²) in [6, 6.07) is 10.1. The Morgan fingerprint density at radius 1 is 1.05 bits per heavy atom. The molecule has 1 aromatic carbocycles. The van der Waals surface area contributed by atoms with Crippen LogP contribution in [0.5, 0.6) is 0 Å². The Labute approximate surface area is 112 Å². The molecule has 0 bridgehead atoms. The van der Waals surface area contributed by atoms with Gasteiger partial charge in [-0.05, 0) is 5.92 Å². The normalized spacial score (nSPS) is 11.4. The van der Waals surface area contributed by atoms with Crippen molar-refractivity contribution in [2.24, 2.45) is 7.05 Å². The summed E-state index contributed by atoms with van der Waals surface area (Å²) >= 11 is 0. The number of fused-ring (bicyclic) bond motifs is 1. The van der Waals surface area contributed by atoms with Crippen LogP contribution in [0.25, 0.3) is 22.7 Å². The van der Waals surface area contributed by atoms with Gasteiger partial charge in [0.05, 0.1) is 11.9 Å². The summed E-state index contributed by atoms with van der Waals surface area (Å²) in [5, 5.41) is 0. The molecule has 2 aromatic heterocycles. The maximum absolute atomic E-state index is 4.61. The maximum atomic E-state index is 4.61. The van der Waals surface area contributed by atoms with Crippen LogP contribution in [-0.4, -0.2) is 19.5 Å². The first kappa shape index (κ1) is 11.8. The van der Waals surface area contributed by atoms with Crippen molar-refractivity contribution < 1.29 is 0 Å². The summed E-state index contributed by atoms with van der Waals surface area (Å²) in [7, 11) is 1.97. The minimum atomic E-state index is 0.360. The van der Waals surface area contributed by atoms with Crippen LogP contribution in [0.2, 0.25) is 0 Å². The number of aromatic nitrogens is 4. The molecule has 4 nitrogen and oxygen atoms in total. The van der Waals surface area contributed by atoms with Crippen LogP contribution >= 0.6 is 0 Å². The van der Waals surface area contributed by atoms with Crippen molar-refractivity contribution in [3.63, 3.8) is 0 Å². The summed E-state index contributed by atoms with van der Waals surface area (Å²) in [6.45, 7) is 4.22. The number of hydrogen-bond donors (Lipinski definition) is 0. The van der Waals surface area contributed by atoms with Gasteiger partial charge in [0.1, 0.15) is 5.82 Å². The van der Waals surface area contributed by atoms with E-state index in [9.17, 15) is 0 Å². The monoisotopic (exact) mass is 252 g/mol. The summed E-state index contributed by atoms with van der Waals surface area (Å²) in [6.07, 6.45) is 1.84. The minimum Gasteiger partial charge on any atom is -0.310 e. The predicted octanol–water partition coefficient (Wildman–Crippen LogP) is 3.15. The highest BCUT2D eigenvalue weighted by atomic mass is 15.1. The van der Waals surface area contributed by atoms with Gasteiger partial charge in [0, 0.05) is 12.6 Å². The largest absolute Gasteiger partial charge is 0.310 e. The molecule has 0 aliphatic rings. The molecule has 96 valence electrons. The molecule has 0 N–H and O–H groups in total. The molecule has 0 amide bonds. The lowest BCUT2D eigenvalue weighted by molar-refractivity contribution is 0.818. The number of rotatable bonds is 2. The molecule has 0 aliphatic carbocycles. The molecule has 0 unspecified atom stereocenters. The first-order valence-corrected chi connectivity index (χ1v) is 6.41. The standard InChI is InChI=1S/C15H16N4/c1-10(2)12-9-16-15-13(17-12)18-14(19(15)3)11-7-5-4-6-8-11/h4-10H,1-3H3. The Kier molecular flexibility index (Phi) is 2.78. The van der Waals surface area contributed by atoms with Crippen LogP contribution in [0.15, 0.2) is 36.5 Å². The van der Waals surface area contributed by atoms with Gasteiger partial charge in [0.2, 0.25) is 0 Å². The SMILES string of the molecule is CC(C)c1cnc2c(n1)nc(-c1ccccc1)n2C. The van der Waals surface area contributed by atoms with Gasteiger partial charge in [-0.3, -0.25) is 0 Å².